The molecule has 0 aliphatic carbocycles. The first-order valence-electron chi connectivity index (χ1n) is 20.2. The summed E-state index contributed by atoms with van der Waals surface area (Å²) in [6.45, 7) is 8.01. The quantitative estimate of drug-likeness (QED) is 0.164. The first kappa shape index (κ1) is 40.9. The fourth-order valence-corrected chi connectivity index (χ4v) is 8.48. The first-order valence-corrected chi connectivity index (χ1v) is 20.6. The minimum Gasteiger partial charge on any atom is -0.478 e. The molecule has 1 aromatic carbocycles. The van der Waals surface area contributed by atoms with Gasteiger partial charge < -0.3 is 25.2 Å². The Morgan fingerprint density at radius 3 is 2.57 bits per heavy atom. The third-order valence-corrected chi connectivity index (χ3v) is 11.9. The molecule has 3 fully saturated rings. The zero-order valence-electron chi connectivity index (χ0n) is 34.0. The van der Waals surface area contributed by atoms with E-state index in [9.17, 15) is 19.2 Å². The Labute approximate surface area is 350 Å². The second kappa shape index (κ2) is 17.0. The summed E-state index contributed by atoms with van der Waals surface area (Å²) >= 11 is 6.54. The molecule has 60 heavy (non-hydrogen) atoms. The predicted octanol–water partition coefficient (Wildman–Crippen LogP) is 3.68. The lowest BCUT2D eigenvalue weighted by Gasteiger charge is -2.40. The number of carbonyl (C=O) groups is 3. The van der Waals surface area contributed by atoms with Gasteiger partial charge in [-0.3, -0.25) is 38.6 Å². The van der Waals surface area contributed by atoms with Gasteiger partial charge in [0, 0.05) is 88.2 Å². The number of ether oxygens (including phenoxy) is 1. The Morgan fingerprint density at radius 1 is 1.03 bits per heavy atom. The zero-order chi connectivity index (χ0) is 42.2. The molecule has 4 aromatic heterocycles. The van der Waals surface area contributed by atoms with Crippen LogP contribution in [0.4, 0.5) is 27.5 Å². The molecule has 8 rings (SSSR count). The smallest absolute Gasteiger partial charge is 0.294 e. The maximum absolute atomic E-state index is 15.9. The van der Waals surface area contributed by atoms with E-state index in [0.29, 0.717) is 66.5 Å². The van der Waals surface area contributed by atoms with E-state index in [1.807, 2.05) is 31.9 Å². The van der Waals surface area contributed by atoms with Crippen LogP contribution in [0.2, 0.25) is 5.02 Å². The van der Waals surface area contributed by atoms with Crippen molar-refractivity contribution in [3.8, 4) is 5.75 Å². The molecule has 3 N–H and O–H groups in total. The summed E-state index contributed by atoms with van der Waals surface area (Å²) in [5, 5.41) is 14.6. The lowest BCUT2D eigenvalue weighted by molar-refractivity contribution is -0.134. The van der Waals surface area contributed by atoms with Crippen molar-refractivity contribution in [1.82, 2.24) is 44.8 Å². The highest BCUT2D eigenvalue weighted by Crippen LogP contribution is 2.34. The van der Waals surface area contributed by atoms with Gasteiger partial charge in [-0.1, -0.05) is 11.6 Å². The first-order chi connectivity index (χ1) is 28.9. The summed E-state index contributed by atoms with van der Waals surface area (Å²) in [6.07, 6.45) is 3.37. The fourth-order valence-electron chi connectivity index (χ4n) is 8.34. The average molecular weight is 843 g/mol. The number of aryl methyl sites for hydroxylation is 1. The summed E-state index contributed by atoms with van der Waals surface area (Å²) in [5.74, 6) is -0.784. The number of likely N-dealkylation sites (N-methyl/N-ethyl adjacent to an activating group) is 1. The summed E-state index contributed by atoms with van der Waals surface area (Å²) in [7, 11) is 3.36. The van der Waals surface area contributed by atoms with Crippen molar-refractivity contribution < 1.29 is 23.5 Å². The van der Waals surface area contributed by atoms with E-state index in [4.69, 9.17) is 16.3 Å². The van der Waals surface area contributed by atoms with Gasteiger partial charge in [-0.2, -0.15) is 10.1 Å². The van der Waals surface area contributed by atoms with Crippen molar-refractivity contribution in [2.45, 2.75) is 51.2 Å². The topological polar surface area (TPSA) is 185 Å². The highest BCUT2D eigenvalue weighted by molar-refractivity contribution is 6.33. The molecule has 316 valence electrons. The van der Waals surface area contributed by atoms with Gasteiger partial charge in [0.05, 0.1) is 41.8 Å². The summed E-state index contributed by atoms with van der Waals surface area (Å²) in [6, 6.07) is 9.31. The number of nitrogens with one attached hydrogen (secondary N) is 3. The minimum atomic E-state index is -1.08. The molecule has 5 aromatic rings. The number of piperidine rings is 2. The number of piperazine rings is 1. The second-order valence-corrected chi connectivity index (χ2v) is 16.3. The van der Waals surface area contributed by atoms with Crippen LogP contribution in [0.3, 0.4) is 0 Å². The standard InChI is InChI=1S/C41H48ClFN12O5/c1-23(2)55-38-25(16-33(40(55)59)60-22-35(57)44-3)15-26(18-45-38)47-37-30(42)19-46-41(49-37)54-10-9-24(31(43)21-54)20-52-11-13-53(14-12-52)27-5-6-28-32(17-27)51(4)50-36(28)29-7-8-34(56)48-39(29)58/h5-6,15-19,23-24,29,31H,7-14,20-22H2,1-4H3,(H,44,57)(H,46,47,49)(H,48,56,58)/t24-,29+,31+/m0/s1. The van der Waals surface area contributed by atoms with Gasteiger partial charge in [0.2, 0.25) is 17.8 Å². The molecule has 0 radical (unpaired) electrons. The van der Waals surface area contributed by atoms with Crippen LogP contribution < -0.4 is 36.0 Å². The zero-order valence-corrected chi connectivity index (χ0v) is 34.7. The number of benzene rings is 1. The molecule has 19 heteroatoms. The van der Waals surface area contributed by atoms with Crippen molar-refractivity contribution in [3.05, 3.63) is 63.8 Å². The number of rotatable bonds is 11. The van der Waals surface area contributed by atoms with Crippen molar-refractivity contribution >= 4 is 74.4 Å². The van der Waals surface area contributed by atoms with Gasteiger partial charge in [-0.25, -0.2) is 14.4 Å². The number of hydrogen-bond acceptors (Lipinski definition) is 13. The SMILES string of the molecule is CNC(=O)COc1cc2cc(Nc3nc(N4CC[C@@H](CN5CCN(c6ccc7c([C@H]8CCC(=O)NC8=O)nn(C)c7c6)CC5)[C@H](F)C4)ncc3Cl)cnc2n(C(C)C)c1=O. The van der Waals surface area contributed by atoms with Crippen molar-refractivity contribution in [1.29, 1.82) is 0 Å². The number of pyridine rings is 2. The molecule has 3 atom stereocenters. The van der Waals surface area contributed by atoms with E-state index < -0.39 is 17.6 Å². The van der Waals surface area contributed by atoms with Gasteiger partial charge in [0.1, 0.15) is 16.8 Å². The number of halogens is 2. The lowest BCUT2D eigenvalue weighted by Crippen LogP contribution is -2.51. The van der Waals surface area contributed by atoms with E-state index in [1.54, 1.807) is 23.0 Å². The number of hydrogen-bond donors (Lipinski definition) is 3. The number of amides is 3. The molecule has 0 bridgehead atoms. The highest BCUT2D eigenvalue weighted by Gasteiger charge is 2.34. The average Bonchev–Trinajstić information content (AvgIpc) is 3.56. The van der Waals surface area contributed by atoms with Crippen LogP contribution in [0, 0.1) is 5.92 Å². The van der Waals surface area contributed by atoms with Gasteiger partial charge in [0.15, 0.2) is 18.2 Å². The van der Waals surface area contributed by atoms with Crippen molar-refractivity contribution in [2.75, 3.05) is 74.6 Å². The molecule has 17 nitrogen and oxygen atoms in total. The van der Waals surface area contributed by atoms with Gasteiger partial charge in [-0.05, 0) is 57.0 Å². The van der Waals surface area contributed by atoms with E-state index in [2.05, 4.69) is 57.9 Å². The molecule has 3 amide bonds. The summed E-state index contributed by atoms with van der Waals surface area (Å²) in [5.41, 5.74) is 3.30. The molecule has 3 aliphatic rings. The number of alkyl halides is 1. The maximum Gasteiger partial charge on any atom is 0.294 e. The lowest BCUT2D eigenvalue weighted by atomic mass is 9.93. The van der Waals surface area contributed by atoms with Crippen molar-refractivity contribution in [3.63, 3.8) is 0 Å². The molecular weight excluding hydrogens is 795 g/mol. The molecule has 3 saturated heterocycles. The van der Waals surface area contributed by atoms with Crippen LogP contribution in [-0.4, -0.2) is 118 Å². The van der Waals surface area contributed by atoms with E-state index >= 15 is 4.39 Å². The number of anilines is 4. The normalized spacial score (nSPS) is 20.2. The number of fused-ring (bicyclic) bond motifs is 2. The second-order valence-electron chi connectivity index (χ2n) is 15.9. The Balaban J connectivity index is 0.879. The van der Waals surface area contributed by atoms with Gasteiger partial charge in [-0.15, -0.1) is 0 Å². The Bertz CT molecular complexity index is 2520. The van der Waals surface area contributed by atoms with E-state index in [1.165, 1.54) is 17.8 Å². The minimum absolute atomic E-state index is 0.0242. The van der Waals surface area contributed by atoms with Gasteiger partial charge in [0.25, 0.3) is 11.5 Å². The Kier molecular flexibility index (Phi) is 11.6. The van der Waals surface area contributed by atoms with Crippen LogP contribution in [0.1, 0.15) is 50.8 Å². The summed E-state index contributed by atoms with van der Waals surface area (Å²) in [4.78, 5) is 69.5. The van der Waals surface area contributed by atoms with Crippen LogP contribution >= 0.6 is 11.6 Å². The van der Waals surface area contributed by atoms with E-state index in [-0.39, 0.29) is 53.6 Å². The fraction of sp³-hybridized carbons (Fsp3) is 0.463. The monoisotopic (exact) mass is 842 g/mol. The third-order valence-electron chi connectivity index (χ3n) is 11.6. The van der Waals surface area contributed by atoms with Crippen LogP contribution in [0.15, 0.2) is 47.5 Å². The number of nitrogens with zero attached hydrogens (tertiary/aromatic N) is 9. The Hall–Kier alpha value is -5.88. The number of aromatic nitrogens is 6. The van der Waals surface area contributed by atoms with Gasteiger partial charge >= 0.3 is 0 Å². The van der Waals surface area contributed by atoms with E-state index in [0.717, 1.165) is 42.8 Å². The van der Waals surface area contributed by atoms with Crippen molar-refractivity contribution in [2.24, 2.45) is 13.0 Å². The molecule has 0 spiro atoms. The van der Waals surface area contributed by atoms with Crippen LogP contribution in [0.25, 0.3) is 21.9 Å². The summed E-state index contributed by atoms with van der Waals surface area (Å²) < 4.78 is 24.8. The number of carbonyl (C=O) groups excluding carboxylic acids is 3. The molecule has 7 heterocycles. The third kappa shape index (κ3) is 8.30. The maximum atomic E-state index is 15.9. The predicted molar refractivity (Wildman–Crippen MR) is 226 cm³/mol. The number of imide groups is 1. The van der Waals surface area contributed by atoms with Crippen LogP contribution in [0.5, 0.6) is 5.75 Å². The molecule has 0 unspecified atom stereocenters. The Morgan fingerprint density at radius 2 is 1.83 bits per heavy atom. The molecule has 0 saturated carbocycles. The van der Waals surface area contributed by atoms with Crippen LogP contribution in [-0.2, 0) is 21.4 Å². The highest BCUT2D eigenvalue weighted by atomic mass is 35.5. The largest absolute Gasteiger partial charge is 0.478 e. The molecule has 3 aliphatic heterocycles. The molecular formula is C41H48ClFN12O5.